The van der Waals surface area contributed by atoms with Crippen LogP contribution in [0.15, 0.2) is 11.1 Å². The van der Waals surface area contributed by atoms with Gasteiger partial charge in [0.1, 0.15) is 0 Å². The Morgan fingerprint density at radius 3 is 2.58 bits per heavy atom. The fraction of sp³-hybridized carbons (Fsp3) is 0.800. The summed E-state index contributed by atoms with van der Waals surface area (Å²) in [5.41, 5.74) is 0.845. The lowest BCUT2D eigenvalue weighted by atomic mass is 9.50. The van der Waals surface area contributed by atoms with E-state index in [0.29, 0.717) is 17.6 Å². The summed E-state index contributed by atoms with van der Waals surface area (Å²) in [4.78, 5) is 11.8. The second kappa shape index (κ2) is 3.83. The number of aliphatic hydroxyl groups excluding tert-OH is 2. The number of carbonyl (C=O) groups excluding carboxylic acids is 1. The maximum absolute atomic E-state index is 11.8. The van der Waals surface area contributed by atoms with E-state index in [4.69, 9.17) is 4.74 Å². The standard InChI is InChI=1S/C15H22O4/c1-14(2)5-4-6-15(3)9(14)7-8(16)10-11(15)13(18)19-12(10)17/h8-9,13,16,18H,4-7H2,1-3H3/t8?,9?,13?,15-/m0/s1. The van der Waals surface area contributed by atoms with Crippen LogP contribution in [0.5, 0.6) is 0 Å². The van der Waals surface area contributed by atoms with Gasteiger partial charge in [-0.3, -0.25) is 0 Å². The first kappa shape index (κ1) is 13.1. The largest absolute Gasteiger partial charge is 0.428 e. The lowest BCUT2D eigenvalue weighted by Crippen LogP contribution is -2.49. The van der Waals surface area contributed by atoms with Crippen molar-refractivity contribution in [2.24, 2.45) is 16.7 Å². The van der Waals surface area contributed by atoms with E-state index < -0.39 is 18.4 Å². The molecule has 0 spiro atoms. The van der Waals surface area contributed by atoms with Crippen molar-refractivity contribution in [3.8, 4) is 0 Å². The molecule has 0 amide bonds. The van der Waals surface area contributed by atoms with Gasteiger partial charge >= 0.3 is 5.97 Å². The average Bonchev–Trinajstić information content (AvgIpc) is 2.59. The second-order valence-corrected chi connectivity index (χ2v) is 7.15. The Bertz CT molecular complexity index is 465. The van der Waals surface area contributed by atoms with Crippen LogP contribution in [0.3, 0.4) is 0 Å². The van der Waals surface area contributed by atoms with Gasteiger partial charge in [-0.25, -0.2) is 4.79 Å². The summed E-state index contributed by atoms with van der Waals surface area (Å²) in [6.07, 6.45) is 1.76. The normalized spacial score (nSPS) is 44.7. The van der Waals surface area contributed by atoms with Crippen LogP contribution < -0.4 is 0 Å². The Kier molecular flexibility index (Phi) is 2.64. The molecular formula is C15H22O4. The van der Waals surface area contributed by atoms with Crippen LogP contribution in [0.4, 0.5) is 0 Å². The Hall–Kier alpha value is -0.870. The lowest BCUT2D eigenvalue weighted by molar-refractivity contribution is -0.153. The highest BCUT2D eigenvalue weighted by molar-refractivity contribution is 5.93. The molecule has 106 valence electrons. The van der Waals surface area contributed by atoms with Crippen molar-refractivity contribution in [1.29, 1.82) is 0 Å². The number of hydrogen-bond acceptors (Lipinski definition) is 4. The molecule has 1 aliphatic heterocycles. The quantitative estimate of drug-likeness (QED) is 0.656. The predicted molar refractivity (Wildman–Crippen MR) is 69.0 cm³/mol. The summed E-state index contributed by atoms with van der Waals surface area (Å²) < 4.78 is 4.94. The van der Waals surface area contributed by atoms with Crippen LogP contribution in [-0.4, -0.2) is 28.6 Å². The van der Waals surface area contributed by atoms with Crippen molar-refractivity contribution in [3.63, 3.8) is 0 Å². The summed E-state index contributed by atoms with van der Waals surface area (Å²) >= 11 is 0. The van der Waals surface area contributed by atoms with Gasteiger partial charge in [-0.15, -0.1) is 0 Å². The molecule has 1 saturated carbocycles. The molecule has 0 saturated heterocycles. The molecule has 0 radical (unpaired) electrons. The van der Waals surface area contributed by atoms with E-state index in [9.17, 15) is 15.0 Å². The van der Waals surface area contributed by atoms with Gasteiger partial charge in [0.25, 0.3) is 0 Å². The molecule has 4 heteroatoms. The van der Waals surface area contributed by atoms with E-state index in [-0.39, 0.29) is 16.7 Å². The molecule has 0 aromatic heterocycles. The van der Waals surface area contributed by atoms with Crippen LogP contribution in [0, 0.1) is 16.7 Å². The molecule has 3 aliphatic rings. The monoisotopic (exact) mass is 266 g/mol. The molecule has 3 rings (SSSR count). The molecule has 1 fully saturated rings. The summed E-state index contributed by atoms with van der Waals surface area (Å²) in [5.74, 6) is -0.273. The molecule has 0 bridgehead atoms. The van der Waals surface area contributed by atoms with Crippen LogP contribution >= 0.6 is 0 Å². The minimum atomic E-state index is -1.17. The molecule has 2 N–H and O–H groups in total. The fourth-order valence-corrected chi connectivity index (χ4v) is 4.74. The van der Waals surface area contributed by atoms with E-state index in [1.54, 1.807) is 0 Å². The lowest BCUT2D eigenvalue weighted by Gasteiger charge is -2.54. The minimum absolute atomic E-state index is 0.109. The highest BCUT2D eigenvalue weighted by Gasteiger charge is 2.58. The third-order valence-corrected chi connectivity index (χ3v) is 5.61. The van der Waals surface area contributed by atoms with E-state index in [1.165, 1.54) is 0 Å². The predicted octanol–water partition coefficient (Wildman–Crippen LogP) is 1.76. The number of fused-ring (bicyclic) bond motifs is 2. The Labute approximate surface area is 113 Å². The molecule has 4 nitrogen and oxygen atoms in total. The van der Waals surface area contributed by atoms with Crippen molar-refractivity contribution in [2.45, 2.75) is 58.8 Å². The third-order valence-electron chi connectivity index (χ3n) is 5.61. The van der Waals surface area contributed by atoms with Gasteiger partial charge in [-0.2, -0.15) is 0 Å². The summed E-state index contributed by atoms with van der Waals surface area (Å²) in [6.45, 7) is 6.56. The summed E-state index contributed by atoms with van der Waals surface area (Å²) in [6, 6.07) is 0. The van der Waals surface area contributed by atoms with Crippen LogP contribution in [0.2, 0.25) is 0 Å². The molecule has 3 unspecified atom stereocenters. The number of hydrogen-bond donors (Lipinski definition) is 2. The topological polar surface area (TPSA) is 66.8 Å². The molecular weight excluding hydrogens is 244 g/mol. The molecule has 1 heterocycles. The SMILES string of the molecule is CC1(C)CCC[C@]2(C)C3=C(C(=O)OC3O)C(O)CC12. The number of cyclic esters (lactones) is 1. The van der Waals surface area contributed by atoms with Gasteiger partial charge in [0.05, 0.1) is 11.7 Å². The highest BCUT2D eigenvalue weighted by Crippen LogP contribution is 2.61. The van der Waals surface area contributed by atoms with Crippen LogP contribution in [-0.2, 0) is 9.53 Å². The Morgan fingerprint density at radius 2 is 1.89 bits per heavy atom. The number of esters is 1. The van der Waals surface area contributed by atoms with Crippen molar-refractivity contribution in [1.82, 2.24) is 0 Å². The van der Waals surface area contributed by atoms with Crippen LogP contribution in [0.25, 0.3) is 0 Å². The highest BCUT2D eigenvalue weighted by atomic mass is 16.6. The van der Waals surface area contributed by atoms with Crippen LogP contribution in [0.1, 0.15) is 46.5 Å². The molecule has 4 atom stereocenters. The van der Waals surface area contributed by atoms with Gasteiger partial charge in [0.2, 0.25) is 6.29 Å². The van der Waals surface area contributed by atoms with Gasteiger partial charge in [-0.05, 0) is 36.0 Å². The summed E-state index contributed by atoms with van der Waals surface area (Å²) in [7, 11) is 0. The first-order chi connectivity index (χ1) is 8.77. The second-order valence-electron chi connectivity index (χ2n) is 7.15. The van der Waals surface area contributed by atoms with Crippen molar-refractivity contribution >= 4 is 5.97 Å². The number of carbonyl (C=O) groups is 1. The first-order valence-corrected chi connectivity index (χ1v) is 7.09. The maximum atomic E-state index is 11.8. The molecule has 0 aromatic carbocycles. The van der Waals surface area contributed by atoms with E-state index in [0.717, 1.165) is 19.3 Å². The van der Waals surface area contributed by atoms with E-state index in [2.05, 4.69) is 20.8 Å². The fourth-order valence-electron chi connectivity index (χ4n) is 4.74. The molecule has 2 aliphatic carbocycles. The zero-order valence-electron chi connectivity index (χ0n) is 11.8. The third kappa shape index (κ3) is 1.62. The van der Waals surface area contributed by atoms with Gasteiger partial charge in [0, 0.05) is 5.57 Å². The van der Waals surface area contributed by atoms with Crippen molar-refractivity contribution < 1.29 is 19.7 Å². The smallest absolute Gasteiger partial charge is 0.339 e. The zero-order valence-corrected chi connectivity index (χ0v) is 11.8. The average molecular weight is 266 g/mol. The maximum Gasteiger partial charge on any atom is 0.339 e. The number of rotatable bonds is 0. The van der Waals surface area contributed by atoms with E-state index in [1.807, 2.05) is 0 Å². The van der Waals surface area contributed by atoms with Crippen molar-refractivity contribution in [3.05, 3.63) is 11.1 Å². The molecule has 0 aromatic rings. The Morgan fingerprint density at radius 1 is 1.21 bits per heavy atom. The Balaban J connectivity index is 2.15. The minimum Gasteiger partial charge on any atom is -0.428 e. The molecule has 19 heavy (non-hydrogen) atoms. The van der Waals surface area contributed by atoms with Gasteiger partial charge in [0.15, 0.2) is 0 Å². The zero-order chi connectivity index (χ0) is 14.0. The first-order valence-electron chi connectivity index (χ1n) is 7.09. The summed E-state index contributed by atoms with van der Waals surface area (Å²) in [5, 5.41) is 20.4. The van der Waals surface area contributed by atoms with Gasteiger partial charge in [-0.1, -0.05) is 27.2 Å². The van der Waals surface area contributed by atoms with Crippen molar-refractivity contribution in [2.75, 3.05) is 0 Å². The number of aliphatic hydroxyl groups is 2. The number of ether oxygens (including phenoxy) is 1. The van der Waals surface area contributed by atoms with Gasteiger partial charge < -0.3 is 14.9 Å². The van der Waals surface area contributed by atoms with E-state index >= 15 is 0 Å².